The fraction of sp³-hybridized carbons (Fsp3) is 1.00. The highest BCUT2D eigenvalue weighted by Gasteiger charge is 2.18. The van der Waals surface area contributed by atoms with Crippen LogP contribution in [0.4, 0.5) is 0 Å². The smallest absolute Gasteiger partial charge is 0.00641 e. The molecule has 0 amide bonds. The first-order chi connectivity index (χ1) is 4.20. The second kappa shape index (κ2) is 2.70. The van der Waals surface area contributed by atoms with Crippen LogP contribution in [0.15, 0.2) is 0 Å². The highest BCUT2D eigenvalue weighted by atomic mass is 15.1. The van der Waals surface area contributed by atoms with E-state index in [9.17, 15) is 0 Å². The quantitative estimate of drug-likeness (QED) is 0.479. The largest absolute Gasteiger partial charge is 0.303 e. The maximum Gasteiger partial charge on any atom is 0.00641 e. The molecule has 1 aliphatic rings. The van der Waals surface area contributed by atoms with E-state index in [1.807, 2.05) is 0 Å². The van der Waals surface area contributed by atoms with Crippen molar-refractivity contribution in [3.8, 4) is 0 Å². The molecule has 0 radical (unpaired) electrons. The molecule has 0 aliphatic carbocycles. The predicted molar refractivity (Wildman–Crippen MR) is 40.5 cm³/mol. The summed E-state index contributed by atoms with van der Waals surface area (Å²) in [6.45, 7) is 5.94. The lowest BCUT2D eigenvalue weighted by molar-refractivity contribution is 0.158. The van der Waals surface area contributed by atoms with E-state index in [2.05, 4.69) is 25.8 Å². The molecule has 1 nitrogen and oxygen atoms in total. The van der Waals surface area contributed by atoms with Crippen molar-refractivity contribution in [3.63, 3.8) is 0 Å². The van der Waals surface area contributed by atoms with Crippen LogP contribution in [-0.4, -0.2) is 24.5 Å². The third-order valence-corrected chi connectivity index (χ3v) is 2.43. The number of hydrogen-bond donors (Lipinski definition) is 0. The molecule has 1 fully saturated rings. The number of nitrogens with zero attached hydrogens (tertiary/aromatic N) is 1. The Balaban J connectivity index is 2.35. The zero-order valence-corrected chi connectivity index (χ0v) is 6.72. The van der Waals surface area contributed by atoms with E-state index in [1.54, 1.807) is 0 Å². The molecule has 1 heteroatoms. The van der Waals surface area contributed by atoms with Crippen molar-refractivity contribution in [2.45, 2.75) is 32.7 Å². The molecule has 1 saturated heterocycles. The summed E-state index contributed by atoms with van der Waals surface area (Å²) in [4.78, 5) is 2.45. The molecule has 1 heterocycles. The van der Waals surface area contributed by atoms with Gasteiger partial charge in [-0.15, -0.1) is 0 Å². The summed E-state index contributed by atoms with van der Waals surface area (Å²) in [6.07, 6.45) is 2.81. The van der Waals surface area contributed by atoms with E-state index in [4.69, 9.17) is 0 Å². The van der Waals surface area contributed by atoms with Crippen LogP contribution in [0, 0.1) is 5.92 Å². The van der Waals surface area contributed by atoms with E-state index in [1.165, 1.54) is 19.4 Å². The highest BCUT2D eigenvalue weighted by Crippen LogP contribution is 2.18. The topological polar surface area (TPSA) is 3.24 Å². The molecule has 0 aromatic carbocycles. The summed E-state index contributed by atoms with van der Waals surface area (Å²) in [5.74, 6) is 0.922. The van der Waals surface area contributed by atoms with Crippen molar-refractivity contribution < 1.29 is 0 Å². The Bertz CT molecular complexity index is 90.6. The summed E-state index contributed by atoms with van der Waals surface area (Å²) in [5, 5.41) is 0. The first-order valence-electron chi connectivity index (χ1n) is 3.90. The number of rotatable bonds is 0. The maximum absolute atomic E-state index is 2.45. The molecule has 54 valence electrons. The van der Waals surface area contributed by atoms with Gasteiger partial charge >= 0.3 is 0 Å². The van der Waals surface area contributed by atoms with Gasteiger partial charge in [-0.1, -0.05) is 6.92 Å². The van der Waals surface area contributed by atoms with Gasteiger partial charge in [0, 0.05) is 12.6 Å². The average molecular weight is 127 g/mol. The van der Waals surface area contributed by atoms with Crippen LogP contribution in [0.2, 0.25) is 0 Å². The third-order valence-electron chi connectivity index (χ3n) is 2.43. The number of piperidine rings is 1. The minimum absolute atomic E-state index is 0.821. The van der Waals surface area contributed by atoms with Crippen LogP contribution in [0.5, 0.6) is 0 Å². The molecule has 0 spiro atoms. The molecule has 0 bridgehead atoms. The van der Waals surface area contributed by atoms with Crippen LogP contribution in [-0.2, 0) is 0 Å². The Morgan fingerprint density at radius 3 is 2.33 bits per heavy atom. The lowest BCUT2D eigenvalue weighted by atomic mass is 9.96. The van der Waals surface area contributed by atoms with Gasteiger partial charge in [0.05, 0.1) is 0 Å². The second-order valence-electron chi connectivity index (χ2n) is 3.47. The summed E-state index contributed by atoms with van der Waals surface area (Å²) in [5.41, 5.74) is 0. The molecule has 1 rings (SSSR count). The van der Waals surface area contributed by atoms with Crippen molar-refractivity contribution in [2.75, 3.05) is 13.6 Å². The number of hydrogen-bond acceptors (Lipinski definition) is 1. The summed E-state index contributed by atoms with van der Waals surface area (Å²) >= 11 is 0. The van der Waals surface area contributed by atoms with Crippen molar-refractivity contribution in [2.24, 2.45) is 5.92 Å². The van der Waals surface area contributed by atoms with Crippen molar-refractivity contribution >= 4 is 0 Å². The molecule has 0 aromatic rings. The fourth-order valence-electron chi connectivity index (χ4n) is 1.51. The molecular weight excluding hydrogens is 110 g/mol. The Labute approximate surface area is 58.0 Å². The van der Waals surface area contributed by atoms with E-state index < -0.39 is 0 Å². The molecule has 0 N–H and O–H groups in total. The normalized spacial score (nSPS) is 39.0. The Morgan fingerprint density at radius 1 is 1.22 bits per heavy atom. The number of likely N-dealkylation sites (tertiary alicyclic amines) is 1. The first kappa shape index (κ1) is 7.07. The van der Waals surface area contributed by atoms with Crippen molar-refractivity contribution in [1.29, 1.82) is 0 Å². The lowest BCUT2D eigenvalue weighted by Crippen LogP contribution is -2.37. The third kappa shape index (κ3) is 1.68. The highest BCUT2D eigenvalue weighted by molar-refractivity contribution is 4.73. The monoisotopic (exact) mass is 127 g/mol. The zero-order chi connectivity index (χ0) is 6.85. The van der Waals surface area contributed by atoms with E-state index in [0.717, 1.165) is 12.0 Å². The summed E-state index contributed by atoms with van der Waals surface area (Å²) in [6, 6.07) is 0.821. The van der Waals surface area contributed by atoms with Crippen LogP contribution in [0.3, 0.4) is 0 Å². The molecule has 0 saturated carbocycles. The SMILES string of the molecule is C[C@@H]1CC[C@H](C)N(C)C1. The van der Waals surface area contributed by atoms with Crippen molar-refractivity contribution in [1.82, 2.24) is 4.90 Å². The fourth-order valence-corrected chi connectivity index (χ4v) is 1.51. The van der Waals surface area contributed by atoms with Gasteiger partial charge < -0.3 is 4.90 Å². The van der Waals surface area contributed by atoms with Gasteiger partial charge in [0.1, 0.15) is 0 Å². The lowest BCUT2D eigenvalue weighted by Gasteiger charge is -2.33. The molecule has 2 atom stereocenters. The van der Waals surface area contributed by atoms with E-state index >= 15 is 0 Å². The van der Waals surface area contributed by atoms with Gasteiger partial charge in [0.25, 0.3) is 0 Å². The van der Waals surface area contributed by atoms with E-state index in [0.29, 0.717) is 0 Å². The molecule has 9 heavy (non-hydrogen) atoms. The van der Waals surface area contributed by atoms with Gasteiger partial charge in [0.2, 0.25) is 0 Å². The van der Waals surface area contributed by atoms with Gasteiger partial charge in [-0.05, 0) is 32.7 Å². The van der Waals surface area contributed by atoms with Crippen LogP contribution in [0.25, 0.3) is 0 Å². The van der Waals surface area contributed by atoms with Gasteiger partial charge in [-0.25, -0.2) is 0 Å². The summed E-state index contributed by atoms with van der Waals surface area (Å²) < 4.78 is 0. The molecule has 1 aliphatic heterocycles. The van der Waals surface area contributed by atoms with Gasteiger partial charge in [0.15, 0.2) is 0 Å². The van der Waals surface area contributed by atoms with Crippen LogP contribution < -0.4 is 0 Å². The Morgan fingerprint density at radius 2 is 1.89 bits per heavy atom. The van der Waals surface area contributed by atoms with Crippen LogP contribution in [0.1, 0.15) is 26.7 Å². The molecule has 0 unspecified atom stereocenters. The Kier molecular flexibility index (Phi) is 2.12. The van der Waals surface area contributed by atoms with Gasteiger partial charge in [-0.2, -0.15) is 0 Å². The zero-order valence-electron chi connectivity index (χ0n) is 6.72. The standard InChI is InChI=1S/C8H17N/c1-7-4-5-8(2)9(3)6-7/h7-8H,4-6H2,1-3H3/t7-,8+/m1/s1. The van der Waals surface area contributed by atoms with E-state index in [-0.39, 0.29) is 0 Å². The first-order valence-corrected chi connectivity index (χ1v) is 3.90. The van der Waals surface area contributed by atoms with Crippen LogP contribution >= 0.6 is 0 Å². The van der Waals surface area contributed by atoms with Gasteiger partial charge in [-0.3, -0.25) is 0 Å². The predicted octanol–water partition coefficient (Wildman–Crippen LogP) is 1.74. The molecular formula is C8H17N. The van der Waals surface area contributed by atoms with Crippen molar-refractivity contribution in [3.05, 3.63) is 0 Å². The average Bonchev–Trinajstić information content (AvgIpc) is 1.80. The Hall–Kier alpha value is -0.0400. The minimum Gasteiger partial charge on any atom is -0.303 e. The molecule has 0 aromatic heterocycles. The summed E-state index contributed by atoms with van der Waals surface area (Å²) in [7, 11) is 2.22. The minimum atomic E-state index is 0.821. The maximum atomic E-state index is 2.45. The second-order valence-corrected chi connectivity index (χ2v) is 3.47.